The van der Waals surface area contributed by atoms with Gasteiger partial charge in [-0.2, -0.15) is 0 Å². The highest BCUT2D eigenvalue weighted by Crippen LogP contribution is 2.30. The summed E-state index contributed by atoms with van der Waals surface area (Å²) in [5.74, 6) is 0.942. The van der Waals surface area contributed by atoms with Gasteiger partial charge in [-0.15, -0.1) is 0 Å². The largest absolute Gasteiger partial charge is 0.497 e. The number of nitrogens with zero attached hydrogens (tertiary/aromatic N) is 1. The first-order valence-electron chi connectivity index (χ1n) is 12.0. The Hall–Kier alpha value is -3.74. The summed E-state index contributed by atoms with van der Waals surface area (Å²) in [5.41, 5.74) is 1.54. The smallest absolute Gasteiger partial charge is 0.290 e. The monoisotopic (exact) mass is 476 g/mol. The van der Waals surface area contributed by atoms with Gasteiger partial charge in [-0.1, -0.05) is 43.5 Å². The predicted octanol–water partition coefficient (Wildman–Crippen LogP) is 5.13. The quantitative estimate of drug-likeness (QED) is 0.463. The maximum atomic E-state index is 13.8. The van der Waals surface area contributed by atoms with Crippen LogP contribution in [-0.2, 0) is 11.3 Å². The van der Waals surface area contributed by atoms with Crippen molar-refractivity contribution in [2.75, 3.05) is 14.2 Å². The zero-order chi connectivity index (χ0) is 24.6. The van der Waals surface area contributed by atoms with Gasteiger partial charge in [-0.05, 0) is 60.4 Å². The summed E-state index contributed by atoms with van der Waals surface area (Å²) in [6.45, 7) is 0.212. The van der Waals surface area contributed by atoms with E-state index in [1.54, 1.807) is 31.3 Å². The Labute approximate surface area is 206 Å². The van der Waals surface area contributed by atoms with E-state index in [1.807, 2.05) is 48.5 Å². The zero-order valence-electron chi connectivity index (χ0n) is 20.2. The third-order valence-electron chi connectivity index (χ3n) is 6.43. The fourth-order valence-electron chi connectivity index (χ4n) is 4.56. The van der Waals surface area contributed by atoms with E-state index in [0.29, 0.717) is 11.3 Å². The summed E-state index contributed by atoms with van der Waals surface area (Å²) in [6, 6.07) is 17.3. The Kier molecular flexibility index (Phi) is 8.08. The summed E-state index contributed by atoms with van der Waals surface area (Å²) in [4.78, 5) is 29.1. The molecule has 1 aromatic heterocycles. The molecule has 1 aliphatic rings. The second-order valence-corrected chi connectivity index (χ2v) is 8.78. The predicted molar refractivity (Wildman–Crippen MR) is 132 cm³/mol. The Balaban J connectivity index is 1.73. The first-order chi connectivity index (χ1) is 17.1. The van der Waals surface area contributed by atoms with Gasteiger partial charge < -0.3 is 24.1 Å². The molecule has 1 heterocycles. The number of carbonyl (C=O) groups excluding carboxylic acids is 2. The molecule has 0 bridgehead atoms. The van der Waals surface area contributed by atoms with Crippen LogP contribution in [-0.4, -0.2) is 37.0 Å². The van der Waals surface area contributed by atoms with Gasteiger partial charge in [0.1, 0.15) is 17.5 Å². The van der Waals surface area contributed by atoms with E-state index in [2.05, 4.69) is 5.32 Å². The molecule has 4 rings (SSSR count). The van der Waals surface area contributed by atoms with Crippen molar-refractivity contribution in [3.8, 4) is 11.5 Å². The van der Waals surface area contributed by atoms with Crippen LogP contribution >= 0.6 is 0 Å². The number of hydrogen-bond acceptors (Lipinski definition) is 5. The lowest BCUT2D eigenvalue weighted by Gasteiger charge is -2.33. The summed E-state index contributed by atoms with van der Waals surface area (Å²) in [7, 11) is 3.19. The topological polar surface area (TPSA) is 81.0 Å². The lowest BCUT2D eigenvalue weighted by atomic mass is 9.94. The molecule has 1 saturated carbocycles. The lowest BCUT2D eigenvalue weighted by Crippen LogP contribution is -2.46. The number of amides is 2. The molecule has 184 valence electrons. The number of nitrogens with one attached hydrogen (secondary N) is 1. The fourth-order valence-corrected chi connectivity index (χ4v) is 4.56. The number of carbonyl (C=O) groups is 2. The summed E-state index contributed by atoms with van der Waals surface area (Å²) in [6.07, 6.45) is 6.72. The number of furan rings is 1. The molecule has 0 saturated heterocycles. The highest BCUT2D eigenvalue weighted by molar-refractivity contribution is 5.96. The molecule has 1 fully saturated rings. The molecule has 35 heavy (non-hydrogen) atoms. The van der Waals surface area contributed by atoms with Gasteiger partial charge in [0.2, 0.25) is 5.91 Å². The highest BCUT2D eigenvalue weighted by atomic mass is 16.5. The van der Waals surface area contributed by atoms with E-state index in [0.717, 1.165) is 37.0 Å². The summed E-state index contributed by atoms with van der Waals surface area (Å²) in [5, 5.41) is 3.22. The van der Waals surface area contributed by atoms with Crippen LogP contribution in [0.15, 0.2) is 71.3 Å². The van der Waals surface area contributed by atoms with E-state index in [9.17, 15) is 9.59 Å². The third kappa shape index (κ3) is 6.04. The Morgan fingerprint density at radius 2 is 1.71 bits per heavy atom. The van der Waals surface area contributed by atoms with E-state index in [4.69, 9.17) is 13.9 Å². The number of benzene rings is 2. The Morgan fingerprint density at radius 3 is 2.37 bits per heavy atom. The van der Waals surface area contributed by atoms with Crippen LogP contribution in [0, 0.1) is 0 Å². The van der Waals surface area contributed by atoms with E-state index in [-0.39, 0.29) is 30.2 Å². The molecule has 2 amide bonds. The maximum Gasteiger partial charge on any atom is 0.290 e. The van der Waals surface area contributed by atoms with Gasteiger partial charge in [0.25, 0.3) is 5.91 Å². The standard InChI is InChI=1S/C28H32N2O5/c1-33-23-15-13-20(14-16-23)19-30(28(32)25-12-7-17-35-25)26(21-8-6-11-24(18-21)34-2)27(31)29-22-9-4-3-5-10-22/h6-8,11-18,22,26H,3-5,9-10,19H2,1-2H3,(H,29,31). The molecule has 1 atom stereocenters. The molecule has 0 spiro atoms. The van der Waals surface area contributed by atoms with E-state index >= 15 is 0 Å². The van der Waals surface area contributed by atoms with Gasteiger partial charge in [0.15, 0.2) is 5.76 Å². The molecule has 3 aromatic rings. The van der Waals surface area contributed by atoms with Crippen LogP contribution < -0.4 is 14.8 Å². The lowest BCUT2D eigenvalue weighted by molar-refractivity contribution is -0.127. The van der Waals surface area contributed by atoms with Gasteiger partial charge in [0.05, 0.1) is 20.5 Å². The first kappa shape index (κ1) is 24.4. The summed E-state index contributed by atoms with van der Waals surface area (Å²) >= 11 is 0. The average Bonchev–Trinajstić information content (AvgIpc) is 3.44. The second-order valence-electron chi connectivity index (χ2n) is 8.78. The Bertz CT molecular complexity index is 1100. The van der Waals surface area contributed by atoms with Crippen molar-refractivity contribution in [1.29, 1.82) is 0 Å². The van der Waals surface area contributed by atoms with Crippen molar-refractivity contribution in [2.45, 2.75) is 50.7 Å². The minimum Gasteiger partial charge on any atom is -0.497 e. The van der Waals surface area contributed by atoms with Gasteiger partial charge in [-0.25, -0.2) is 0 Å². The molecular weight excluding hydrogens is 444 g/mol. The number of hydrogen-bond donors (Lipinski definition) is 1. The molecule has 0 radical (unpaired) electrons. The minimum atomic E-state index is -0.869. The number of methoxy groups -OCH3 is 2. The molecule has 7 heteroatoms. The van der Waals surface area contributed by atoms with Crippen LogP contribution in [0.3, 0.4) is 0 Å². The van der Waals surface area contributed by atoms with Crippen molar-refractivity contribution >= 4 is 11.8 Å². The summed E-state index contributed by atoms with van der Waals surface area (Å²) < 4.78 is 16.1. The van der Waals surface area contributed by atoms with Gasteiger partial charge >= 0.3 is 0 Å². The van der Waals surface area contributed by atoms with Crippen LogP contribution in [0.25, 0.3) is 0 Å². The average molecular weight is 477 g/mol. The van der Waals surface area contributed by atoms with Crippen LogP contribution in [0.2, 0.25) is 0 Å². The van der Waals surface area contributed by atoms with Crippen LogP contribution in [0.4, 0.5) is 0 Å². The Morgan fingerprint density at radius 1 is 0.971 bits per heavy atom. The molecule has 2 aromatic carbocycles. The third-order valence-corrected chi connectivity index (χ3v) is 6.43. The maximum absolute atomic E-state index is 13.8. The number of rotatable bonds is 9. The van der Waals surface area contributed by atoms with E-state index < -0.39 is 6.04 Å². The molecular formula is C28H32N2O5. The number of ether oxygens (including phenoxy) is 2. The normalized spacial score (nSPS) is 14.7. The van der Waals surface area contributed by atoms with Crippen molar-refractivity contribution in [1.82, 2.24) is 10.2 Å². The zero-order valence-corrected chi connectivity index (χ0v) is 20.2. The fraction of sp³-hybridized carbons (Fsp3) is 0.357. The highest BCUT2D eigenvalue weighted by Gasteiger charge is 2.34. The van der Waals surface area contributed by atoms with Crippen molar-refractivity contribution in [3.63, 3.8) is 0 Å². The van der Waals surface area contributed by atoms with Crippen molar-refractivity contribution in [2.24, 2.45) is 0 Å². The molecule has 0 aliphatic heterocycles. The van der Waals surface area contributed by atoms with Crippen molar-refractivity contribution < 1.29 is 23.5 Å². The SMILES string of the molecule is COc1ccc(CN(C(=O)c2ccco2)C(C(=O)NC2CCCCC2)c2cccc(OC)c2)cc1. The molecule has 1 aliphatic carbocycles. The second kappa shape index (κ2) is 11.6. The van der Waals surface area contributed by atoms with Gasteiger partial charge in [-0.3, -0.25) is 9.59 Å². The molecule has 7 nitrogen and oxygen atoms in total. The van der Waals surface area contributed by atoms with Gasteiger partial charge in [0, 0.05) is 12.6 Å². The van der Waals surface area contributed by atoms with Crippen LogP contribution in [0.5, 0.6) is 11.5 Å². The first-order valence-corrected chi connectivity index (χ1v) is 12.0. The van der Waals surface area contributed by atoms with Crippen LogP contribution in [0.1, 0.15) is 59.8 Å². The molecule has 1 N–H and O–H groups in total. The van der Waals surface area contributed by atoms with Crippen molar-refractivity contribution in [3.05, 3.63) is 83.8 Å². The molecule has 1 unspecified atom stereocenters. The van der Waals surface area contributed by atoms with E-state index in [1.165, 1.54) is 12.7 Å². The minimum absolute atomic E-state index is 0.103.